The van der Waals surface area contributed by atoms with E-state index >= 15 is 0 Å². The maximum Gasteiger partial charge on any atom is 0.194 e. The van der Waals surface area contributed by atoms with Crippen LogP contribution in [0.3, 0.4) is 0 Å². The number of aromatic nitrogens is 1. The minimum Gasteiger partial charge on any atom is -0.353 e. The van der Waals surface area contributed by atoms with Gasteiger partial charge in [-0.2, -0.15) is 0 Å². The Hall–Kier alpha value is -1.35. The third-order valence-corrected chi connectivity index (χ3v) is 4.60. The second-order valence-electron chi connectivity index (χ2n) is 5.69. The van der Waals surface area contributed by atoms with Crippen molar-refractivity contribution in [1.29, 1.82) is 0 Å². The number of benzene rings is 1. The molecule has 0 bridgehead atoms. The van der Waals surface area contributed by atoms with Gasteiger partial charge in [0.15, 0.2) is 5.96 Å². The van der Waals surface area contributed by atoms with Gasteiger partial charge >= 0.3 is 0 Å². The Labute approximate surface area is 174 Å². The molecular formula is C18H23BrIN5. The lowest BCUT2D eigenvalue weighted by molar-refractivity contribution is 0.371. The second kappa shape index (κ2) is 9.96. The van der Waals surface area contributed by atoms with Crippen molar-refractivity contribution < 1.29 is 0 Å². The van der Waals surface area contributed by atoms with Crippen LogP contribution in [0, 0.1) is 0 Å². The van der Waals surface area contributed by atoms with Crippen molar-refractivity contribution in [2.75, 3.05) is 38.1 Å². The zero-order valence-corrected chi connectivity index (χ0v) is 18.1. The minimum atomic E-state index is 0. The number of hydrogen-bond donors (Lipinski definition) is 1. The molecule has 1 aromatic heterocycles. The quantitative estimate of drug-likeness (QED) is 0.387. The van der Waals surface area contributed by atoms with Gasteiger partial charge in [0.25, 0.3) is 0 Å². The monoisotopic (exact) mass is 515 g/mol. The zero-order valence-electron chi connectivity index (χ0n) is 14.2. The highest BCUT2D eigenvalue weighted by molar-refractivity contribution is 14.0. The number of nitrogens with zero attached hydrogens (tertiary/aromatic N) is 4. The molecule has 1 aliphatic heterocycles. The summed E-state index contributed by atoms with van der Waals surface area (Å²) in [6.07, 6.45) is 1.85. The molecule has 25 heavy (non-hydrogen) atoms. The van der Waals surface area contributed by atoms with Gasteiger partial charge in [-0.15, -0.1) is 24.0 Å². The first kappa shape index (κ1) is 20.0. The van der Waals surface area contributed by atoms with Crippen LogP contribution in [-0.2, 0) is 6.54 Å². The third kappa shape index (κ3) is 5.57. The minimum absolute atomic E-state index is 0. The van der Waals surface area contributed by atoms with E-state index in [-0.39, 0.29) is 24.0 Å². The number of nitrogens with one attached hydrogen (secondary N) is 1. The van der Waals surface area contributed by atoms with E-state index in [9.17, 15) is 0 Å². The molecule has 1 aliphatic rings. The molecule has 0 saturated carbocycles. The van der Waals surface area contributed by atoms with Gasteiger partial charge < -0.3 is 15.1 Å². The average Bonchev–Trinajstić information content (AvgIpc) is 2.64. The molecule has 0 spiro atoms. The largest absolute Gasteiger partial charge is 0.353 e. The van der Waals surface area contributed by atoms with Crippen LogP contribution < -0.4 is 10.2 Å². The summed E-state index contributed by atoms with van der Waals surface area (Å²) in [5, 5.41) is 3.46. The smallest absolute Gasteiger partial charge is 0.194 e. The van der Waals surface area contributed by atoms with Gasteiger partial charge in [-0.25, -0.2) is 4.98 Å². The highest BCUT2D eigenvalue weighted by Crippen LogP contribution is 2.13. The van der Waals surface area contributed by atoms with Crippen LogP contribution in [0.1, 0.15) is 5.56 Å². The summed E-state index contributed by atoms with van der Waals surface area (Å²) in [6.45, 7) is 4.55. The van der Waals surface area contributed by atoms with Crippen LogP contribution in [-0.4, -0.2) is 49.1 Å². The summed E-state index contributed by atoms with van der Waals surface area (Å²) in [6, 6.07) is 14.4. The van der Waals surface area contributed by atoms with Crippen LogP contribution >= 0.6 is 39.9 Å². The molecule has 1 N–H and O–H groups in total. The lowest BCUT2D eigenvalue weighted by Gasteiger charge is -2.37. The molecule has 1 aromatic carbocycles. The van der Waals surface area contributed by atoms with Crippen LogP contribution in [0.5, 0.6) is 0 Å². The fourth-order valence-corrected chi connectivity index (χ4v) is 3.30. The van der Waals surface area contributed by atoms with Crippen molar-refractivity contribution in [3.63, 3.8) is 0 Å². The molecular weight excluding hydrogens is 493 g/mol. The fourth-order valence-electron chi connectivity index (χ4n) is 2.85. The van der Waals surface area contributed by atoms with Crippen molar-refractivity contribution in [1.82, 2.24) is 15.2 Å². The SMILES string of the molecule is CN=C(NCc1cccc(Br)c1)N1CCN(c2ccccn2)CC1.I. The van der Waals surface area contributed by atoms with Crippen molar-refractivity contribution >= 4 is 51.7 Å². The third-order valence-electron chi connectivity index (χ3n) is 4.10. The Balaban J connectivity index is 0.00000225. The molecule has 1 saturated heterocycles. The normalized spacial score (nSPS) is 14.9. The molecule has 3 rings (SSSR count). The number of hydrogen-bond acceptors (Lipinski definition) is 3. The fraction of sp³-hybridized carbons (Fsp3) is 0.333. The lowest BCUT2D eigenvalue weighted by atomic mass is 10.2. The van der Waals surface area contributed by atoms with E-state index in [1.807, 2.05) is 31.4 Å². The van der Waals surface area contributed by atoms with Gasteiger partial charge in [0.2, 0.25) is 0 Å². The van der Waals surface area contributed by atoms with Crippen molar-refractivity contribution in [3.8, 4) is 0 Å². The average molecular weight is 516 g/mol. The molecule has 7 heteroatoms. The summed E-state index contributed by atoms with van der Waals surface area (Å²) in [4.78, 5) is 13.5. The second-order valence-corrected chi connectivity index (χ2v) is 6.61. The summed E-state index contributed by atoms with van der Waals surface area (Å²) in [5.74, 6) is 2.00. The molecule has 2 aromatic rings. The van der Waals surface area contributed by atoms with Crippen molar-refractivity contribution in [3.05, 3.63) is 58.7 Å². The first-order chi connectivity index (χ1) is 11.8. The Kier molecular flexibility index (Phi) is 7.95. The topological polar surface area (TPSA) is 43.8 Å². The van der Waals surface area contributed by atoms with E-state index in [1.54, 1.807) is 0 Å². The van der Waals surface area contributed by atoms with Crippen LogP contribution in [0.4, 0.5) is 5.82 Å². The number of anilines is 1. The Bertz CT molecular complexity index is 687. The number of aliphatic imine (C=N–C) groups is 1. The summed E-state index contributed by atoms with van der Waals surface area (Å²) in [5.41, 5.74) is 1.23. The summed E-state index contributed by atoms with van der Waals surface area (Å²) >= 11 is 3.51. The van der Waals surface area contributed by atoms with Crippen LogP contribution in [0.15, 0.2) is 58.1 Å². The highest BCUT2D eigenvalue weighted by Gasteiger charge is 2.20. The Morgan fingerprint density at radius 3 is 2.60 bits per heavy atom. The van der Waals surface area contributed by atoms with Gasteiger partial charge in [0.05, 0.1) is 0 Å². The molecule has 2 heterocycles. The zero-order chi connectivity index (χ0) is 16.8. The maximum atomic E-state index is 4.43. The Morgan fingerprint density at radius 2 is 1.96 bits per heavy atom. The lowest BCUT2D eigenvalue weighted by Crippen LogP contribution is -2.52. The molecule has 0 unspecified atom stereocenters. The van der Waals surface area contributed by atoms with Gasteiger partial charge in [-0.3, -0.25) is 4.99 Å². The van der Waals surface area contributed by atoms with E-state index in [4.69, 9.17) is 0 Å². The van der Waals surface area contributed by atoms with Crippen molar-refractivity contribution in [2.24, 2.45) is 4.99 Å². The summed E-state index contributed by atoms with van der Waals surface area (Å²) < 4.78 is 1.10. The molecule has 1 fully saturated rings. The molecule has 0 radical (unpaired) electrons. The number of halogens is 2. The molecule has 134 valence electrons. The van der Waals surface area contributed by atoms with E-state index in [0.717, 1.165) is 49.0 Å². The first-order valence-corrected chi connectivity index (χ1v) is 8.91. The van der Waals surface area contributed by atoms with Gasteiger partial charge in [-0.1, -0.05) is 34.1 Å². The van der Waals surface area contributed by atoms with Crippen LogP contribution in [0.25, 0.3) is 0 Å². The molecule has 0 amide bonds. The number of piperazine rings is 1. The van der Waals surface area contributed by atoms with E-state index in [1.165, 1.54) is 5.56 Å². The van der Waals surface area contributed by atoms with E-state index < -0.39 is 0 Å². The van der Waals surface area contributed by atoms with Gasteiger partial charge in [-0.05, 0) is 29.8 Å². The van der Waals surface area contributed by atoms with E-state index in [2.05, 4.69) is 65.3 Å². The Morgan fingerprint density at radius 1 is 1.16 bits per heavy atom. The molecule has 0 aliphatic carbocycles. The summed E-state index contributed by atoms with van der Waals surface area (Å²) in [7, 11) is 1.84. The van der Waals surface area contributed by atoms with E-state index in [0.29, 0.717) is 0 Å². The highest BCUT2D eigenvalue weighted by atomic mass is 127. The number of guanidine groups is 1. The maximum absolute atomic E-state index is 4.43. The molecule has 5 nitrogen and oxygen atoms in total. The van der Waals surface area contributed by atoms with Gasteiger partial charge in [0.1, 0.15) is 5.82 Å². The predicted octanol–water partition coefficient (Wildman–Crippen LogP) is 3.36. The molecule has 0 atom stereocenters. The number of rotatable bonds is 3. The predicted molar refractivity (Wildman–Crippen MR) is 118 cm³/mol. The van der Waals surface area contributed by atoms with Crippen LogP contribution in [0.2, 0.25) is 0 Å². The standard InChI is InChI=1S/C18H22BrN5.HI/c1-20-18(22-14-15-5-4-6-16(19)13-15)24-11-9-23(10-12-24)17-7-2-3-8-21-17;/h2-8,13H,9-12,14H2,1H3,(H,20,22);1H. The van der Waals surface area contributed by atoms with Crippen molar-refractivity contribution in [2.45, 2.75) is 6.54 Å². The van der Waals surface area contributed by atoms with Gasteiger partial charge in [0, 0.05) is 50.4 Å². The number of pyridine rings is 1. The first-order valence-electron chi connectivity index (χ1n) is 8.12.